The van der Waals surface area contributed by atoms with Crippen molar-refractivity contribution in [1.29, 1.82) is 0 Å². The van der Waals surface area contributed by atoms with Gasteiger partial charge in [-0.05, 0) is 23.8 Å². The molecule has 1 atom stereocenters. The van der Waals surface area contributed by atoms with Gasteiger partial charge in [0.15, 0.2) is 0 Å². The average molecular weight is 319 g/mol. The Hall–Kier alpha value is -1.69. The van der Waals surface area contributed by atoms with Crippen molar-refractivity contribution in [2.24, 2.45) is 0 Å². The van der Waals surface area contributed by atoms with Crippen LogP contribution in [-0.4, -0.2) is 47.7 Å². The van der Waals surface area contributed by atoms with Crippen LogP contribution in [0.25, 0.3) is 0 Å². The van der Waals surface area contributed by atoms with E-state index in [1.54, 1.807) is 12.4 Å². The number of anilines is 1. The van der Waals surface area contributed by atoms with Crippen molar-refractivity contribution in [3.05, 3.63) is 53.3 Å². The summed E-state index contributed by atoms with van der Waals surface area (Å²) in [6.07, 6.45) is 3.47. The van der Waals surface area contributed by atoms with E-state index >= 15 is 0 Å². The first kappa shape index (κ1) is 15.2. The van der Waals surface area contributed by atoms with E-state index in [2.05, 4.69) is 32.3 Å². The Morgan fingerprint density at radius 3 is 2.50 bits per heavy atom. The summed E-state index contributed by atoms with van der Waals surface area (Å²) < 4.78 is 5.46. The van der Waals surface area contributed by atoms with Gasteiger partial charge in [0.05, 0.1) is 19.3 Å². The molecule has 2 heterocycles. The molecular weight excluding hydrogens is 300 g/mol. The van der Waals surface area contributed by atoms with Gasteiger partial charge in [-0.2, -0.15) is 0 Å². The van der Waals surface area contributed by atoms with Crippen LogP contribution in [0.3, 0.4) is 0 Å². The van der Waals surface area contributed by atoms with Crippen molar-refractivity contribution >= 4 is 17.5 Å². The third-order valence-electron chi connectivity index (χ3n) is 3.76. The molecule has 2 aromatic rings. The molecule has 1 N–H and O–H groups in total. The fourth-order valence-electron chi connectivity index (χ4n) is 2.61. The van der Waals surface area contributed by atoms with E-state index < -0.39 is 0 Å². The fraction of sp³-hybridized carbons (Fsp3) is 0.375. The molecule has 1 unspecified atom stereocenters. The molecule has 0 amide bonds. The van der Waals surface area contributed by atoms with Gasteiger partial charge < -0.3 is 10.1 Å². The lowest BCUT2D eigenvalue weighted by Gasteiger charge is -2.35. The number of morpholine rings is 1. The van der Waals surface area contributed by atoms with Gasteiger partial charge in [-0.25, -0.2) is 9.97 Å². The number of hydrogen-bond donors (Lipinski definition) is 1. The highest BCUT2D eigenvalue weighted by molar-refractivity contribution is 6.30. The molecule has 0 saturated carbocycles. The summed E-state index contributed by atoms with van der Waals surface area (Å²) in [4.78, 5) is 10.9. The summed E-state index contributed by atoms with van der Waals surface area (Å²) >= 11 is 6.01. The second kappa shape index (κ2) is 7.54. The second-order valence-electron chi connectivity index (χ2n) is 5.17. The molecule has 1 aliphatic heterocycles. The minimum atomic E-state index is 0.241. The molecule has 3 rings (SSSR count). The molecule has 1 aromatic carbocycles. The van der Waals surface area contributed by atoms with Crippen molar-refractivity contribution in [3.63, 3.8) is 0 Å². The third-order valence-corrected chi connectivity index (χ3v) is 4.01. The van der Waals surface area contributed by atoms with Gasteiger partial charge in [0.2, 0.25) is 5.95 Å². The summed E-state index contributed by atoms with van der Waals surface area (Å²) in [5.41, 5.74) is 1.23. The van der Waals surface area contributed by atoms with Gasteiger partial charge >= 0.3 is 0 Å². The van der Waals surface area contributed by atoms with Crippen LogP contribution in [0.5, 0.6) is 0 Å². The smallest absolute Gasteiger partial charge is 0.222 e. The molecule has 1 aromatic heterocycles. The number of ether oxygens (including phenoxy) is 1. The van der Waals surface area contributed by atoms with E-state index in [1.165, 1.54) is 5.56 Å². The largest absolute Gasteiger partial charge is 0.379 e. The van der Waals surface area contributed by atoms with Crippen LogP contribution in [0.15, 0.2) is 42.7 Å². The fourth-order valence-corrected chi connectivity index (χ4v) is 2.74. The molecule has 1 saturated heterocycles. The van der Waals surface area contributed by atoms with E-state index in [1.807, 2.05) is 18.2 Å². The molecule has 1 aliphatic rings. The standard InChI is InChI=1S/C16H19ClN4O/c17-14-4-2-13(3-5-14)15(21-8-10-22-11-9-21)12-20-16-18-6-1-7-19-16/h1-7,15H,8-12H2,(H,18,19,20). The van der Waals surface area contributed by atoms with E-state index in [0.717, 1.165) is 37.9 Å². The first-order valence-corrected chi connectivity index (χ1v) is 7.79. The third kappa shape index (κ3) is 3.94. The molecule has 22 heavy (non-hydrogen) atoms. The second-order valence-corrected chi connectivity index (χ2v) is 5.61. The van der Waals surface area contributed by atoms with Gasteiger partial charge in [0.25, 0.3) is 0 Å². The Labute approximate surface area is 135 Å². The lowest BCUT2D eigenvalue weighted by atomic mass is 10.0. The molecule has 1 fully saturated rings. The molecule has 0 radical (unpaired) electrons. The van der Waals surface area contributed by atoms with E-state index in [0.29, 0.717) is 5.95 Å². The molecule has 116 valence electrons. The maximum absolute atomic E-state index is 6.01. The van der Waals surface area contributed by atoms with Gasteiger partial charge in [-0.15, -0.1) is 0 Å². The quantitative estimate of drug-likeness (QED) is 0.918. The van der Waals surface area contributed by atoms with Crippen molar-refractivity contribution in [2.45, 2.75) is 6.04 Å². The minimum absolute atomic E-state index is 0.241. The highest BCUT2D eigenvalue weighted by Gasteiger charge is 2.22. The van der Waals surface area contributed by atoms with Crippen molar-refractivity contribution < 1.29 is 4.74 Å². The van der Waals surface area contributed by atoms with Gasteiger partial charge in [0, 0.05) is 37.1 Å². The summed E-state index contributed by atoms with van der Waals surface area (Å²) in [6.45, 7) is 4.12. The Morgan fingerprint density at radius 2 is 1.82 bits per heavy atom. The average Bonchev–Trinajstić information content (AvgIpc) is 2.58. The maximum atomic E-state index is 6.01. The van der Waals surface area contributed by atoms with Crippen molar-refractivity contribution in [3.8, 4) is 0 Å². The Balaban J connectivity index is 1.74. The van der Waals surface area contributed by atoms with Gasteiger partial charge in [-0.3, -0.25) is 4.90 Å². The topological polar surface area (TPSA) is 50.3 Å². The molecule has 5 nitrogen and oxygen atoms in total. The van der Waals surface area contributed by atoms with Crippen LogP contribution in [-0.2, 0) is 4.74 Å². The lowest BCUT2D eigenvalue weighted by molar-refractivity contribution is 0.0187. The van der Waals surface area contributed by atoms with E-state index in [-0.39, 0.29) is 6.04 Å². The molecule has 0 spiro atoms. The number of rotatable bonds is 5. The zero-order valence-corrected chi connectivity index (χ0v) is 13.0. The van der Waals surface area contributed by atoms with Crippen LogP contribution in [0.2, 0.25) is 5.02 Å². The normalized spacial score (nSPS) is 17.1. The van der Waals surface area contributed by atoms with Gasteiger partial charge in [-0.1, -0.05) is 23.7 Å². The van der Waals surface area contributed by atoms with Gasteiger partial charge in [0.1, 0.15) is 0 Å². The molecule has 6 heteroatoms. The highest BCUT2D eigenvalue weighted by atomic mass is 35.5. The number of halogens is 1. The minimum Gasteiger partial charge on any atom is -0.379 e. The van der Waals surface area contributed by atoms with Crippen LogP contribution < -0.4 is 5.32 Å². The van der Waals surface area contributed by atoms with Crippen LogP contribution in [0, 0.1) is 0 Å². The highest BCUT2D eigenvalue weighted by Crippen LogP contribution is 2.23. The van der Waals surface area contributed by atoms with E-state index in [9.17, 15) is 0 Å². The summed E-state index contributed by atoms with van der Waals surface area (Å²) in [6, 6.07) is 10.1. The number of hydrogen-bond acceptors (Lipinski definition) is 5. The number of benzene rings is 1. The summed E-state index contributed by atoms with van der Waals surface area (Å²) in [5, 5.41) is 4.07. The zero-order valence-electron chi connectivity index (χ0n) is 12.3. The zero-order chi connectivity index (χ0) is 15.2. The summed E-state index contributed by atoms with van der Waals surface area (Å²) in [7, 11) is 0. The SMILES string of the molecule is Clc1ccc(C(CNc2ncccn2)N2CCOCC2)cc1. The monoisotopic (exact) mass is 318 g/mol. The van der Waals surface area contributed by atoms with Crippen molar-refractivity contribution in [1.82, 2.24) is 14.9 Å². The predicted molar refractivity (Wildman–Crippen MR) is 87.1 cm³/mol. The molecule has 0 aliphatic carbocycles. The Kier molecular flexibility index (Phi) is 5.21. The number of nitrogens with zero attached hydrogens (tertiary/aromatic N) is 3. The maximum Gasteiger partial charge on any atom is 0.222 e. The Morgan fingerprint density at radius 1 is 1.14 bits per heavy atom. The lowest BCUT2D eigenvalue weighted by Crippen LogP contribution is -2.41. The van der Waals surface area contributed by atoms with Crippen LogP contribution >= 0.6 is 11.6 Å². The molecule has 0 bridgehead atoms. The van der Waals surface area contributed by atoms with E-state index in [4.69, 9.17) is 16.3 Å². The van der Waals surface area contributed by atoms with Crippen molar-refractivity contribution in [2.75, 3.05) is 38.2 Å². The first-order chi connectivity index (χ1) is 10.8. The van der Waals surface area contributed by atoms with Crippen LogP contribution in [0.1, 0.15) is 11.6 Å². The first-order valence-electron chi connectivity index (χ1n) is 7.41. The summed E-state index contributed by atoms with van der Waals surface area (Å²) in [5.74, 6) is 0.648. The molecular formula is C16H19ClN4O. The predicted octanol–water partition coefficient (Wildman–Crippen LogP) is 2.62. The number of nitrogens with one attached hydrogen (secondary N) is 1. The Bertz CT molecular complexity index is 572. The number of aromatic nitrogens is 2. The van der Waals surface area contributed by atoms with Crippen LogP contribution in [0.4, 0.5) is 5.95 Å².